The van der Waals surface area contributed by atoms with E-state index in [0.29, 0.717) is 5.56 Å². The van der Waals surface area contributed by atoms with Crippen LogP contribution in [0.15, 0.2) is 85.2 Å². The van der Waals surface area contributed by atoms with Gasteiger partial charge in [-0.25, -0.2) is 0 Å². The molecule has 0 saturated heterocycles. The van der Waals surface area contributed by atoms with Gasteiger partial charge in [-0.3, -0.25) is 4.79 Å². The van der Waals surface area contributed by atoms with Gasteiger partial charge >= 0.3 is 0 Å². The number of anilines is 1. The lowest BCUT2D eigenvalue weighted by Crippen LogP contribution is -2.11. The van der Waals surface area contributed by atoms with Gasteiger partial charge in [-0.2, -0.15) is 9.61 Å². The average molecular weight is 397 g/mol. The van der Waals surface area contributed by atoms with Crippen LogP contribution < -0.4 is 5.32 Å². The Balaban J connectivity index is 1.29. The quantitative estimate of drug-likeness (QED) is 0.474. The molecule has 0 fully saturated rings. The van der Waals surface area contributed by atoms with Crippen molar-refractivity contribution in [2.45, 2.75) is 0 Å². The van der Waals surface area contributed by atoms with E-state index >= 15 is 0 Å². The summed E-state index contributed by atoms with van der Waals surface area (Å²) in [6.07, 6.45) is 1.58. The third-order valence-corrected chi connectivity index (χ3v) is 5.49. The molecule has 1 amide bonds. The highest BCUT2D eigenvalue weighted by Gasteiger charge is 2.09. The molecular weight excluding hydrogens is 382 g/mol. The molecule has 5 aromatic rings. The van der Waals surface area contributed by atoms with E-state index in [1.807, 2.05) is 78.9 Å². The zero-order valence-electron chi connectivity index (χ0n) is 15.2. The van der Waals surface area contributed by atoms with E-state index < -0.39 is 0 Å². The van der Waals surface area contributed by atoms with Crippen LogP contribution in [0.5, 0.6) is 0 Å². The Morgan fingerprint density at radius 1 is 0.828 bits per heavy atom. The summed E-state index contributed by atoms with van der Waals surface area (Å²) in [5, 5.41) is 16.0. The first-order chi connectivity index (χ1) is 14.3. The molecular formula is C22H15N5OS. The summed E-state index contributed by atoms with van der Waals surface area (Å²) in [4.78, 5) is 13.3. The highest BCUT2D eigenvalue weighted by molar-refractivity contribution is 7.19. The first-order valence-corrected chi connectivity index (χ1v) is 9.82. The maximum absolute atomic E-state index is 12.6. The molecule has 7 heteroatoms. The fraction of sp³-hybridized carbons (Fsp3) is 0. The Kier molecular flexibility index (Phi) is 4.34. The van der Waals surface area contributed by atoms with Gasteiger partial charge in [0, 0.05) is 16.8 Å². The predicted octanol–water partition coefficient (Wildman–Crippen LogP) is 4.77. The van der Waals surface area contributed by atoms with E-state index in [0.717, 1.165) is 32.3 Å². The van der Waals surface area contributed by atoms with Crippen molar-refractivity contribution in [1.82, 2.24) is 19.8 Å². The summed E-state index contributed by atoms with van der Waals surface area (Å²) in [7, 11) is 0. The Morgan fingerprint density at radius 2 is 1.52 bits per heavy atom. The van der Waals surface area contributed by atoms with Crippen molar-refractivity contribution in [2.75, 3.05) is 5.32 Å². The molecule has 0 radical (unpaired) electrons. The second-order valence-corrected chi connectivity index (χ2v) is 7.40. The second-order valence-electron chi connectivity index (χ2n) is 6.44. The first kappa shape index (κ1) is 17.3. The summed E-state index contributed by atoms with van der Waals surface area (Å²) >= 11 is 1.46. The normalized spacial score (nSPS) is 10.9. The molecule has 0 saturated carbocycles. The zero-order valence-corrected chi connectivity index (χ0v) is 16.0. The van der Waals surface area contributed by atoms with E-state index in [2.05, 4.69) is 20.6 Å². The average Bonchev–Trinajstić information content (AvgIpc) is 3.38. The molecule has 0 aliphatic heterocycles. The number of nitrogens with one attached hydrogen (secondary N) is 1. The highest BCUT2D eigenvalue weighted by atomic mass is 32.1. The molecule has 2 heterocycles. The summed E-state index contributed by atoms with van der Waals surface area (Å²) in [5.74, 6) is -0.142. The van der Waals surface area contributed by atoms with Crippen LogP contribution in [-0.2, 0) is 0 Å². The van der Waals surface area contributed by atoms with Crippen LogP contribution in [0, 0.1) is 0 Å². The molecule has 0 atom stereocenters. The first-order valence-electron chi connectivity index (χ1n) is 9.00. The lowest BCUT2D eigenvalue weighted by atomic mass is 10.0. The molecule has 3 aromatic carbocycles. The summed E-state index contributed by atoms with van der Waals surface area (Å²) in [6.45, 7) is 0. The van der Waals surface area contributed by atoms with Crippen LogP contribution in [0.2, 0.25) is 0 Å². The molecule has 0 bridgehead atoms. The van der Waals surface area contributed by atoms with Crippen molar-refractivity contribution in [3.05, 3.63) is 90.8 Å². The van der Waals surface area contributed by atoms with Crippen molar-refractivity contribution in [1.29, 1.82) is 0 Å². The van der Waals surface area contributed by atoms with Gasteiger partial charge in [0.2, 0.25) is 4.96 Å². The molecule has 1 N–H and O–H groups in total. The number of hydrogen-bond donors (Lipinski definition) is 1. The van der Waals surface area contributed by atoms with E-state index in [1.54, 1.807) is 10.8 Å². The Bertz CT molecular complexity index is 1250. The van der Waals surface area contributed by atoms with Crippen LogP contribution >= 0.6 is 11.3 Å². The summed E-state index contributed by atoms with van der Waals surface area (Å²) in [6, 6.07) is 25.3. The maximum atomic E-state index is 12.6. The summed E-state index contributed by atoms with van der Waals surface area (Å²) < 4.78 is 1.65. The number of carbonyl (C=O) groups excluding carboxylic acids is 1. The second kappa shape index (κ2) is 7.29. The Labute approximate surface area is 170 Å². The molecule has 0 spiro atoms. The molecule has 140 valence electrons. The van der Waals surface area contributed by atoms with E-state index in [-0.39, 0.29) is 5.91 Å². The molecule has 5 rings (SSSR count). The fourth-order valence-corrected chi connectivity index (χ4v) is 3.85. The molecule has 0 aliphatic carbocycles. The zero-order chi connectivity index (χ0) is 19.6. The monoisotopic (exact) mass is 397 g/mol. The van der Waals surface area contributed by atoms with Gasteiger partial charge in [-0.15, -0.1) is 10.2 Å². The molecule has 6 nitrogen and oxygen atoms in total. The van der Waals surface area contributed by atoms with Crippen LogP contribution in [-0.4, -0.2) is 25.7 Å². The number of hydrogen-bond acceptors (Lipinski definition) is 5. The van der Waals surface area contributed by atoms with Crippen LogP contribution in [0.1, 0.15) is 10.4 Å². The minimum atomic E-state index is -0.142. The van der Waals surface area contributed by atoms with Crippen LogP contribution in [0.25, 0.3) is 26.7 Å². The van der Waals surface area contributed by atoms with Crippen LogP contribution in [0.3, 0.4) is 0 Å². The SMILES string of the molecule is O=C(Nc1ccc(-c2nn3cnnc3s2)cc1)c1ccc(-c2ccccc2)cc1. The van der Waals surface area contributed by atoms with Gasteiger partial charge in [0.1, 0.15) is 11.3 Å². The predicted molar refractivity (Wildman–Crippen MR) is 114 cm³/mol. The van der Waals surface area contributed by atoms with Crippen molar-refractivity contribution in [3.63, 3.8) is 0 Å². The molecule has 0 aliphatic rings. The van der Waals surface area contributed by atoms with Crippen molar-refractivity contribution >= 4 is 27.9 Å². The lowest BCUT2D eigenvalue weighted by Gasteiger charge is -2.07. The maximum Gasteiger partial charge on any atom is 0.255 e. The number of benzene rings is 3. The van der Waals surface area contributed by atoms with Gasteiger partial charge in [0.05, 0.1) is 0 Å². The van der Waals surface area contributed by atoms with Gasteiger partial charge in [0.25, 0.3) is 5.91 Å². The minimum absolute atomic E-state index is 0.142. The molecule has 29 heavy (non-hydrogen) atoms. The van der Waals surface area contributed by atoms with E-state index in [1.165, 1.54) is 11.3 Å². The smallest absolute Gasteiger partial charge is 0.255 e. The highest BCUT2D eigenvalue weighted by Crippen LogP contribution is 2.26. The van der Waals surface area contributed by atoms with Gasteiger partial charge in [-0.05, 0) is 47.5 Å². The molecule has 0 unspecified atom stereocenters. The third-order valence-electron chi connectivity index (χ3n) is 4.53. The van der Waals surface area contributed by atoms with Crippen molar-refractivity contribution in [3.8, 4) is 21.7 Å². The Hall–Kier alpha value is -3.84. The minimum Gasteiger partial charge on any atom is -0.322 e. The topological polar surface area (TPSA) is 72.2 Å². The molecule has 2 aromatic heterocycles. The van der Waals surface area contributed by atoms with E-state index in [4.69, 9.17) is 0 Å². The fourth-order valence-electron chi connectivity index (χ4n) is 3.02. The number of rotatable bonds is 4. The van der Waals surface area contributed by atoms with Crippen LogP contribution in [0.4, 0.5) is 5.69 Å². The number of fused-ring (bicyclic) bond motifs is 1. The van der Waals surface area contributed by atoms with Crippen molar-refractivity contribution in [2.24, 2.45) is 0 Å². The Morgan fingerprint density at radius 3 is 2.24 bits per heavy atom. The standard InChI is InChI=1S/C22H15N5OS/c28-20(17-8-6-16(7-9-17)15-4-2-1-3-5-15)24-19-12-10-18(11-13-19)21-26-27-14-23-25-22(27)29-21/h1-14H,(H,24,28). The number of nitrogens with zero attached hydrogens (tertiary/aromatic N) is 4. The van der Waals surface area contributed by atoms with Crippen molar-refractivity contribution < 1.29 is 4.79 Å². The van der Waals surface area contributed by atoms with Gasteiger partial charge in [0.15, 0.2) is 0 Å². The number of aromatic nitrogens is 4. The van der Waals surface area contributed by atoms with Gasteiger partial charge in [-0.1, -0.05) is 53.8 Å². The summed E-state index contributed by atoms with van der Waals surface area (Å²) in [5.41, 5.74) is 4.51. The number of carbonyl (C=O) groups is 1. The van der Waals surface area contributed by atoms with E-state index in [9.17, 15) is 4.79 Å². The largest absolute Gasteiger partial charge is 0.322 e. The lowest BCUT2D eigenvalue weighted by molar-refractivity contribution is 0.102. The van der Waals surface area contributed by atoms with Gasteiger partial charge < -0.3 is 5.32 Å². The third kappa shape index (κ3) is 3.51. The number of amides is 1.